The SMILES string of the molecule is c1cc(-c2ccccc2-n2c3ccccc3c3cc4ccccc4cc32)cc(-c2ccc3c4c(cccc24)-c2ccccc2O3)c1. The first-order valence-electron chi connectivity index (χ1n) is 15.8. The highest BCUT2D eigenvalue weighted by Gasteiger charge is 2.22. The molecule has 46 heavy (non-hydrogen) atoms. The highest BCUT2D eigenvalue weighted by atomic mass is 16.5. The van der Waals surface area contributed by atoms with Crippen LogP contribution in [-0.2, 0) is 0 Å². The van der Waals surface area contributed by atoms with E-state index < -0.39 is 0 Å². The van der Waals surface area contributed by atoms with Crippen molar-refractivity contribution in [2.75, 3.05) is 0 Å². The van der Waals surface area contributed by atoms with Crippen molar-refractivity contribution in [3.8, 4) is 50.6 Å². The molecule has 0 aliphatic carbocycles. The molecule has 0 fully saturated rings. The Morgan fingerprint density at radius 2 is 1.04 bits per heavy atom. The summed E-state index contributed by atoms with van der Waals surface area (Å²) in [5.74, 6) is 1.82. The van der Waals surface area contributed by atoms with Crippen molar-refractivity contribution in [3.05, 3.63) is 164 Å². The van der Waals surface area contributed by atoms with Gasteiger partial charge in [0.1, 0.15) is 11.5 Å². The molecule has 1 aliphatic heterocycles. The van der Waals surface area contributed by atoms with Crippen molar-refractivity contribution < 1.29 is 4.74 Å². The number of para-hydroxylation sites is 3. The van der Waals surface area contributed by atoms with E-state index in [0.29, 0.717) is 0 Å². The molecule has 0 unspecified atom stereocenters. The van der Waals surface area contributed by atoms with Crippen LogP contribution < -0.4 is 4.74 Å². The van der Waals surface area contributed by atoms with Gasteiger partial charge < -0.3 is 9.30 Å². The maximum atomic E-state index is 6.38. The lowest BCUT2D eigenvalue weighted by Gasteiger charge is -2.22. The smallest absolute Gasteiger partial charge is 0.135 e. The average molecular weight is 586 g/mol. The van der Waals surface area contributed by atoms with Crippen LogP contribution in [0.5, 0.6) is 11.5 Å². The Bertz CT molecular complexity index is 2680. The minimum atomic E-state index is 0.909. The van der Waals surface area contributed by atoms with Crippen LogP contribution >= 0.6 is 0 Å². The minimum absolute atomic E-state index is 0.909. The molecule has 1 aliphatic rings. The first-order chi connectivity index (χ1) is 22.8. The third-order valence-electron chi connectivity index (χ3n) is 9.57. The summed E-state index contributed by atoms with van der Waals surface area (Å²) in [6.45, 7) is 0. The van der Waals surface area contributed by atoms with E-state index in [9.17, 15) is 0 Å². The van der Waals surface area contributed by atoms with Gasteiger partial charge in [-0.3, -0.25) is 0 Å². The lowest BCUT2D eigenvalue weighted by Crippen LogP contribution is -1.98. The molecule has 0 N–H and O–H groups in total. The Balaban J connectivity index is 1.18. The summed E-state index contributed by atoms with van der Waals surface area (Å²) in [5, 5.41) is 7.40. The summed E-state index contributed by atoms with van der Waals surface area (Å²) >= 11 is 0. The molecule has 2 nitrogen and oxygen atoms in total. The zero-order valence-corrected chi connectivity index (χ0v) is 24.9. The van der Waals surface area contributed by atoms with Crippen LogP contribution in [-0.4, -0.2) is 4.57 Å². The molecular weight excluding hydrogens is 558 g/mol. The molecule has 8 aromatic carbocycles. The topological polar surface area (TPSA) is 14.2 Å². The number of rotatable bonds is 3. The van der Waals surface area contributed by atoms with E-state index in [4.69, 9.17) is 4.74 Å². The Hall–Kier alpha value is -6.12. The van der Waals surface area contributed by atoms with Gasteiger partial charge in [0.2, 0.25) is 0 Å². The lowest BCUT2D eigenvalue weighted by molar-refractivity contribution is 0.487. The van der Waals surface area contributed by atoms with Crippen molar-refractivity contribution in [3.63, 3.8) is 0 Å². The van der Waals surface area contributed by atoms with E-state index >= 15 is 0 Å². The molecule has 214 valence electrons. The van der Waals surface area contributed by atoms with Crippen LogP contribution in [0.1, 0.15) is 0 Å². The Kier molecular flexibility index (Phi) is 5.31. The Morgan fingerprint density at radius 1 is 0.370 bits per heavy atom. The number of ether oxygens (including phenoxy) is 1. The first kappa shape index (κ1) is 25.2. The van der Waals surface area contributed by atoms with Crippen LogP contribution in [0, 0.1) is 0 Å². The van der Waals surface area contributed by atoms with E-state index in [-0.39, 0.29) is 0 Å². The number of fused-ring (bicyclic) bond motifs is 6. The normalized spacial score (nSPS) is 12.1. The fraction of sp³-hybridized carbons (Fsp3) is 0. The number of nitrogens with zero attached hydrogens (tertiary/aromatic N) is 1. The molecule has 9 aromatic rings. The van der Waals surface area contributed by atoms with Crippen molar-refractivity contribution in [2.24, 2.45) is 0 Å². The van der Waals surface area contributed by atoms with Crippen molar-refractivity contribution in [1.29, 1.82) is 0 Å². The lowest BCUT2D eigenvalue weighted by atomic mass is 9.89. The summed E-state index contributed by atoms with van der Waals surface area (Å²) in [6.07, 6.45) is 0. The van der Waals surface area contributed by atoms with Crippen LogP contribution in [0.3, 0.4) is 0 Å². The van der Waals surface area contributed by atoms with Gasteiger partial charge in [0, 0.05) is 27.3 Å². The molecule has 0 amide bonds. The van der Waals surface area contributed by atoms with E-state index in [2.05, 4.69) is 156 Å². The van der Waals surface area contributed by atoms with Gasteiger partial charge in [0.05, 0.1) is 16.7 Å². The molecule has 2 heterocycles. The fourth-order valence-corrected chi connectivity index (χ4v) is 7.51. The van der Waals surface area contributed by atoms with Crippen molar-refractivity contribution in [2.45, 2.75) is 0 Å². The van der Waals surface area contributed by atoms with Crippen LogP contribution in [0.25, 0.3) is 82.4 Å². The van der Waals surface area contributed by atoms with E-state index in [0.717, 1.165) is 17.1 Å². The third-order valence-corrected chi connectivity index (χ3v) is 9.57. The van der Waals surface area contributed by atoms with Crippen LogP contribution in [0.15, 0.2) is 164 Å². The molecule has 0 saturated heterocycles. The Morgan fingerprint density at radius 3 is 1.96 bits per heavy atom. The van der Waals surface area contributed by atoms with Gasteiger partial charge in [-0.1, -0.05) is 121 Å². The molecule has 1 aromatic heterocycles. The molecule has 10 rings (SSSR count). The van der Waals surface area contributed by atoms with Crippen molar-refractivity contribution >= 4 is 43.4 Å². The minimum Gasteiger partial charge on any atom is -0.456 e. The largest absolute Gasteiger partial charge is 0.456 e. The fourth-order valence-electron chi connectivity index (χ4n) is 7.51. The van der Waals surface area contributed by atoms with E-state index in [1.807, 2.05) is 12.1 Å². The predicted molar refractivity (Wildman–Crippen MR) is 192 cm³/mol. The van der Waals surface area contributed by atoms with Crippen LogP contribution in [0.2, 0.25) is 0 Å². The molecular formula is C44H27NO. The van der Waals surface area contributed by atoms with E-state index in [1.54, 1.807) is 0 Å². The average Bonchev–Trinajstić information content (AvgIpc) is 3.44. The molecule has 0 spiro atoms. The van der Waals surface area contributed by atoms with Gasteiger partial charge >= 0.3 is 0 Å². The van der Waals surface area contributed by atoms with Gasteiger partial charge in [0.15, 0.2) is 0 Å². The van der Waals surface area contributed by atoms with Gasteiger partial charge in [-0.05, 0) is 80.9 Å². The second-order valence-electron chi connectivity index (χ2n) is 12.1. The predicted octanol–water partition coefficient (Wildman–Crippen LogP) is 12.2. The van der Waals surface area contributed by atoms with Gasteiger partial charge in [-0.15, -0.1) is 0 Å². The number of benzene rings is 8. The van der Waals surface area contributed by atoms with Crippen LogP contribution in [0.4, 0.5) is 0 Å². The van der Waals surface area contributed by atoms with Gasteiger partial charge in [-0.2, -0.15) is 0 Å². The molecule has 0 atom stereocenters. The molecule has 0 bridgehead atoms. The summed E-state index contributed by atoms with van der Waals surface area (Å²) < 4.78 is 8.83. The second-order valence-corrected chi connectivity index (χ2v) is 12.1. The maximum Gasteiger partial charge on any atom is 0.135 e. The molecule has 0 saturated carbocycles. The zero-order valence-electron chi connectivity index (χ0n) is 24.9. The molecule has 0 radical (unpaired) electrons. The zero-order chi connectivity index (χ0) is 30.2. The maximum absolute atomic E-state index is 6.38. The van der Waals surface area contributed by atoms with Gasteiger partial charge in [0.25, 0.3) is 0 Å². The molecule has 2 heteroatoms. The summed E-state index contributed by atoms with van der Waals surface area (Å²) in [4.78, 5) is 0. The monoisotopic (exact) mass is 585 g/mol. The Labute approximate surface area is 266 Å². The number of hydrogen-bond acceptors (Lipinski definition) is 1. The standard InChI is InChI=1S/C44H27NO/c1-2-12-29-27-41-38(26-28(29)11-1)34-16-4-7-21-40(34)45(41)39-20-6-3-15-33(39)31-14-9-13-30(25-31)32-23-24-43-44-36(32)18-10-19-37(44)35-17-5-8-22-42(35)46-43/h1-27H. The van der Waals surface area contributed by atoms with Crippen molar-refractivity contribution in [1.82, 2.24) is 4.57 Å². The summed E-state index contributed by atoms with van der Waals surface area (Å²) in [7, 11) is 0. The second kappa shape index (κ2) is 9.69. The number of hydrogen-bond donors (Lipinski definition) is 0. The third kappa shape index (κ3) is 3.65. The number of aromatic nitrogens is 1. The highest BCUT2D eigenvalue weighted by molar-refractivity contribution is 6.14. The quantitative estimate of drug-likeness (QED) is 0.201. The highest BCUT2D eigenvalue weighted by Crippen LogP contribution is 2.48. The van der Waals surface area contributed by atoms with E-state index in [1.165, 1.54) is 76.9 Å². The van der Waals surface area contributed by atoms with Gasteiger partial charge in [-0.25, -0.2) is 0 Å². The summed E-state index contributed by atoms with van der Waals surface area (Å²) in [6, 6.07) is 59.1. The summed E-state index contributed by atoms with van der Waals surface area (Å²) in [5.41, 5.74) is 10.7. The first-order valence-corrected chi connectivity index (χ1v) is 15.8.